The topological polar surface area (TPSA) is 103 Å². The number of aliphatic carboxylic acids is 1. The first-order valence-electron chi connectivity index (χ1n) is 8.30. The number of carboxylic acid groups (broad SMARTS) is 1. The lowest BCUT2D eigenvalue weighted by molar-refractivity contribution is -0.143. The molecule has 1 amide bonds. The second kappa shape index (κ2) is 6.59. The van der Waals surface area contributed by atoms with E-state index in [4.69, 9.17) is 5.11 Å². The van der Waals surface area contributed by atoms with E-state index in [0.717, 1.165) is 10.4 Å². The molecule has 0 aromatic carbocycles. The Hall–Kier alpha value is -2.22. The number of hydrogen-bond acceptors (Lipinski definition) is 5. The normalized spacial score (nSPS) is 20.4. The maximum atomic E-state index is 12.4. The number of rotatable bonds is 4. The quantitative estimate of drug-likeness (QED) is 0.863. The highest BCUT2D eigenvalue weighted by atomic mass is 32.1. The van der Waals surface area contributed by atoms with E-state index in [0.29, 0.717) is 35.4 Å². The molecule has 0 saturated carbocycles. The summed E-state index contributed by atoms with van der Waals surface area (Å²) in [6.45, 7) is 6.09. The summed E-state index contributed by atoms with van der Waals surface area (Å²) in [5.74, 6) is -0.968. The van der Waals surface area contributed by atoms with Crippen LogP contribution in [0.2, 0.25) is 0 Å². The van der Waals surface area contributed by atoms with Gasteiger partial charge in [-0.05, 0) is 32.8 Å². The molecule has 1 fully saturated rings. The van der Waals surface area contributed by atoms with Crippen molar-refractivity contribution < 1.29 is 14.7 Å². The molecule has 7 nitrogen and oxygen atoms in total. The monoisotopic (exact) mass is 363 g/mol. The Morgan fingerprint density at radius 1 is 1.40 bits per heavy atom. The number of aromatic amines is 1. The van der Waals surface area contributed by atoms with E-state index in [2.05, 4.69) is 9.97 Å². The molecule has 0 spiro atoms. The molecule has 3 heterocycles. The van der Waals surface area contributed by atoms with Crippen LogP contribution >= 0.6 is 11.3 Å². The van der Waals surface area contributed by atoms with Crippen molar-refractivity contribution in [3.05, 3.63) is 26.6 Å². The van der Waals surface area contributed by atoms with Crippen LogP contribution in [0.4, 0.5) is 0 Å². The maximum Gasteiger partial charge on any atom is 0.308 e. The standard InChI is InChI=1S/C17H21N3O4S/c1-8-10(3)25-16-14(8)15(22)18-12(19-16)4-5-13(21)20-7-6-11(9(20)2)17(23)24/h9,11H,4-7H2,1-3H3,(H,23,24)(H,18,19,22). The zero-order valence-corrected chi connectivity index (χ0v) is 15.3. The Morgan fingerprint density at radius 2 is 2.12 bits per heavy atom. The Bertz CT molecular complexity index is 901. The lowest BCUT2D eigenvalue weighted by atomic mass is 10.0. The second-order valence-electron chi connectivity index (χ2n) is 6.54. The Labute approximate surface area is 148 Å². The minimum atomic E-state index is -0.859. The van der Waals surface area contributed by atoms with Crippen LogP contribution in [0.1, 0.15) is 36.0 Å². The maximum absolute atomic E-state index is 12.4. The number of carbonyl (C=O) groups excluding carboxylic acids is 1. The van der Waals surface area contributed by atoms with Gasteiger partial charge in [-0.2, -0.15) is 0 Å². The predicted octanol–water partition coefficient (Wildman–Crippen LogP) is 1.86. The molecule has 1 aliphatic heterocycles. The fourth-order valence-electron chi connectivity index (χ4n) is 3.41. The SMILES string of the molecule is Cc1sc2nc(CCC(=O)N3CCC(C(=O)O)C3C)[nH]c(=O)c2c1C. The molecule has 0 aliphatic carbocycles. The third-order valence-electron chi connectivity index (χ3n) is 5.06. The summed E-state index contributed by atoms with van der Waals surface area (Å²) >= 11 is 1.48. The van der Waals surface area contributed by atoms with Gasteiger partial charge in [0.2, 0.25) is 5.91 Å². The number of aryl methyl sites for hydroxylation is 3. The van der Waals surface area contributed by atoms with Gasteiger partial charge in [-0.15, -0.1) is 11.3 Å². The van der Waals surface area contributed by atoms with Crippen molar-refractivity contribution in [3.63, 3.8) is 0 Å². The van der Waals surface area contributed by atoms with E-state index < -0.39 is 11.9 Å². The first-order valence-corrected chi connectivity index (χ1v) is 9.12. The summed E-state index contributed by atoms with van der Waals surface area (Å²) in [4.78, 5) is 46.5. The van der Waals surface area contributed by atoms with Crippen molar-refractivity contribution in [2.24, 2.45) is 5.92 Å². The van der Waals surface area contributed by atoms with Gasteiger partial charge >= 0.3 is 5.97 Å². The second-order valence-corrected chi connectivity index (χ2v) is 7.74. The zero-order chi connectivity index (χ0) is 18.3. The molecule has 0 bridgehead atoms. The van der Waals surface area contributed by atoms with Crippen LogP contribution in [0, 0.1) is 19.8 Å². The third-order valence-corrected chi connectivity index (χ3v) is 6.16. The van der Waals surface area contributed by atoms with Gasteiger partial charge in [0.25, 0.3) is 5.56 Å². The number of nitrogens with one attached hydrogen (secondary N) is 1. The van der Waals surface area contributed by atoms with Gasteiger partial charge in [-0.25, -0.2) is 4.98 Å². The number of hydrogen-bond donors (Lipinski definition) is 2. The van der Waals surface area contributed by atoms with E-state index in [1.807, 2.05) is 13.8 Å². The number of H-pyrrole nitrogens is 1. The smallest absolute Gasteiger partial charge is 0.308 e. The fourth-order valence-corrected chi connectivity index (χ4v) is 4.46. The summed E-state index contributed by atoms with van der Waals surface area (Å²) in [6.07, 6.45) is 1.02. The first-order chi connectivity index (χ1) is 11.8. The number of nitrogens with zero attached hydrogens (tertiary/aromatic N) is 2. The third kappa shape index (κ3) is 3.18. The minimum Gasteiger partial charge on any atom is -0.481 e. The van der Waals surface area contributed by atoms with Gasteiger partial charge in [-0.3, -0.25) is 14.4 Å². The van der Waals surface area contributed by atoms with Gasteiger partial charge < -0.3 is 15.0 Å². The lowest BCUT2D eigenvalue weighted by Crippen LogP contribution is -2.37. The van der Waals surface area contributed by atoms with Crippen LogP contribution in [0.25, 0.3) is 10.2 Å². The van der Waals surface area contributed by atoms with E-state index in [9.17, 15) is 14.4 Å². The summed E-state index contributed by atoms with van der Waals surface area (Å²) in [5, 5.41) is 9.78. The van der Waals surface area contributed by atoms with E-state index in [1.165, 1.54) is 11.3 Å². The van der Waals surface area contributed by atoms with Crippen molar-refractivity contribution in [1.82, 2.24) is 14.9 Å². The molecule has 2 N–H and O–H groups in total. The largest absolute Gasteiger partial charge is 0.481 e. The average molecular weight is 363 g/mol. The van der Waals surface area contributed by atoms with Crippen LogP contribution in [-0.4, -0.2) is 44.4 Å². The number of carboxylic acids is 1. The molecule has 134 valence electrons. The van der Waals surface area contributed by atoms with Crippen LogP contribution in [0.15, 0.2) is 4.79 Å². The van der Waals surface area contributed by atoms with Crippen LogP contribution in [0.5, 0.6) is 0 Å². The number of amides is 1. The Morgan fingerprint density at radius 3 is 2.76 bits per heavy atom. The van der Waals surface area contributed by atoms with Crippen molar-refractivity contribution in [1.29, 1.82) is 0 Å². The van der Waals surface area contributed by atoms with Gasteiger partial charge in [0, 0.05) is 30.3 Å². The highest BCUT2D eigenvalue weighted by molar-refractivity contribution is 7.18. The van der Waals surface area contributed by atoms with E-state index in [-0.39, 0.29) is 23.9 Å². The highest BCUT2D eigenvalue weighted by Crippen LogP contribution is 2.27. The van der Waals surface area contributed by atoms with Gasteiger partial charge in [0.15, 0.2) is 0 Å². The summed E-state index contributed by atoms with van der Waals surface area (Å²) in [5.41, 5.74) is 0.775. The molecular weight excluding hydrogens is 342 g/mol. The minimum absolute atomic E-state index is 0.0995. The van der Waals surface area contributed by atoms with E-state index in [1.54, 1.807) is 11.8 Å². The predicted molar refractivity (Wildman–Crippen MR) is 95.0 cm³/mol. The lowest BCUT2D eigenvalue weighted by Gasteiger charge is -2.23. The van der Waals surface area contributed by atoms with E-state index >= 15 is 0 Å². The van der Waals surface area contributed by atoms with Crippen LogP contribution < -0.4 is 5.56 Å². The van der Waals surface area contributed by atoms with Crippen molar-refractivity contribution in [2.45, 2.75) is 46.1 Å². The van der Waals surface area contributed by atoms with Crippen molar-refractivity contribution >= 4 is 33.4 Å². The number of carbonyl (C=O) groups is 2. The van der Waals surface area contributed by atoms with Crippen LogP contribution in [0.3, 0.4) is 0 Å². The molecule has 25 heavy (non-hydrogen) atoms. The molecular formula is C17H21N3O4S. The van der Waals surface area contributed by atoms with Crippen molar-refractivity contribution in [3.8, 4) is 0 Å². The Kier molecular flexibility index (Phi) is 4.64. The molecule has 3 rings (SSSR count). The first kappa shape index (κ1) is 17.6. The number of fused-ring (bicyclic) bond motifs is 1. The summed E-state index contributed by atoms with van der Waals surface area (Å²) in [6, 6.07) is -0.304. The van der Waals surface area contributed by atoms with Crippen molar-refractivity contribution in [2.75, 3.05) is 6.54 Å². The zero-order valence-electron chi connectivity index (χ0n) is 14.5. The average Bonchev–Trinajstić information content (AvgIpc) is 3.06. The fraction of sp³-hybridized carbons (Fsp3) is 0.529. The summed E-state index contributed by atoms with van der Waals surface area (Å²) in [7, 11) is 0. The Balaban J connectivity index is 1.72. The number of aromatic nitrogens is 2. The highest BCUT2D eigenvalue weighted by Gasteiger charge is 2.37. The van der Waals surface area contributed by atoms with Crippen LogP contribution in [-0.2, 0) is 16.0 Å². The van der Waals surface area contributed by atoms with Gasteiger partial charge in [-0.1, -0.05) is 0 Å². The molecule has 1 aliphatic rings. The number of likely N-dealkylation sites (tertiary alicyclic amines) is 1. The molecule has 2 unspecified atom stereocenters. The molecule has 0 radical (unpaired) electrons. The van der Waals surface area contributed by atoms with Gasteiger partial charge in [0.1, 0.15) is 10.7 Å². The molecule has 2 aromatic heterocycles. The molecule has 8 heteroatoms. The number of thiophene rings is 1. The van der Waals surface area contributed by atoms with Gasteiger partial charge in [0.05, 0.1) is 11.3 Å². The molecule has 2 atom stereocenters. The molecule has 2 aromatic rings. The molecule has 1 saturated heterocycles. The summed E-state index contributed by atoms with van der Waals surface area (Å²) < 4.78 is 0.